The van der Waals surface area contributed by atoms with Gasteiger partial charge in [-0.3, -0.25) is 9.69 Å². The predicted octanol–water partition coefficient (Wildman–Crippen LogP) is 2.89. The Balaban J connectivity index is 1.38. The van der Waals surface area contributed by atoms with Gasteiger partial charge in [-0.05, 0) is 30.4 Å². The minimum atomic E-state index is -0.553. The van der Waals surface area contributed by atoms with Crippen molar-refractivity contribution < 1.29 is 23.8 Å². The van der Waals surface area contributed by atoms with Crippen LogP contribution in [0.1, 0.15) is 24.0 Å². The van der Waals surface area contributed by atoms with Crippen LogP contribution >= 0.6 is 0 Å². The van der Waals surface area contributed by atoms with E-state index >= 15 is 0 Å². The lowest BCUT2D eigenvalue weighted by Gasteiger charge is -2.28. The number of ether oxygens (including phenoxy) is 3. The average molecular weight is 424 g/mol. The van der Waals surface area contributed by atoms with Gasteiger partial charge in [0.05, 0.1) is 19.3 Å². The topological polar surface area (TPSA) is 77.1 Å². The predicted molar refractivity (Wildman–Crippen MR) is 114 cm³/mol. The summed E-state index contributed by atoms with van der Waals surface area (Å²) in [4.78, 5) is 27.3. The van der Waals surface area contributed by atoms with Crippen molar-refractivity contribution in [1.29, 1.82) is 0 Å². The van der Waals surface area contributed by atoms with Gasteiger partial charge in [-0.2, -0.15) is 0 Å². The summed E-state index contributed by atoms with van der Waals surface area (Å²) in [5.74, 6) is -0.200. The van der Waals surface area contributed by atoms with Crippen molar-refractivity contribution >= 4 is 12.0 Å². The lowest BCUT2D eigenvalue weighted by Crippen LogP contribution is -2.52. The van der Waals surface area contributed by atoms with Crippen molar-refractivity contribution in [3.63, 3.8) is 0 Å². The second-order valence-corrected chi connectivity index (χ2v) is 7.81. The van der Waals surface area contributed by atoms with Gasteiger partial charge in [0.2, 0.25) is 5.91 Å². The summed E-state index contributed by atoms with van der Waals surface area (Å²) in [6, 6.07) is 18.5. The molecule has 7 heteroatoms. The van der Waals surface area contributed by atoms with Gasteiger partial charge in [0, 0.05) is 6.54 Å². The van der Waals surface area contributed by atoms with Crippen molar-refractivity contribution in [2.24, 2.45) is 0 Å². The van der Waals surface area contributed by atoms with Crippen molar-refractivity contribution in [3.05, 3.63) is 71.8 Å². The molecule has 2 aliphatic heterocycles. The van der Waals surface area contributed by atoms with E-state index in [2.05, 4.69) is 5.32 Å². The molecule has 1 N–H and O–H groups in total. The van der Waals surface area contributed by atoms with Crippen LogP contribution in [0.2, 0.25) is 0 Å². The smallest absolute Gasteiger partial charge is 0.410 e. The van der Waals surface area contributed by atoms with E-state index in [1.54, 1.807) is 0 Å². The van der Waals surface area contributed by atoms with Crippen LogP contribution in [-0.4, -0.2) is 55.0 Å². The van der Waals surface area contributed by atoms with E-state index in [1.165, 1.54) is 4.90 Å². The van der Waals surface area contributed by atoms with E-state index in [9.17, 15) is 9.59 Å². The number of carbonyl (C=O) groups is 2. The monoisotopic (exact) mass is 424 g/mol. The second kappa shape index (κ2) is 10.4. The van der Waals surface area contributed by atoms with Crippen LogP contribution in [0, 0.1) is 0 Å². The minimum Gasteiger partial charge on any atom is -0.445 e. The standard InChI is InChI=1S/C24H28N2O5/c27-22(25-20(23-29-14-15-30-23)16-18-8-3-1-4-9-18)21-12-7-13-26(21)24(28)31-17-19-10-5-2-6-11-19/h1-6,8-11,20-21,23H,7,12-17H2,(H,25,27)/t20-,21-/m0/s1. The molecule has 2 fully saturated rings. The summed E-state index contributed by atoms with van der Waals surface area (Å²) in [6.07, 6.45) is 0.996. The Bertz CT molecular complexity index is 855. The third-order valence-corrected chi connectivity index (χ3v) is 5.60. The third kappa shape index (κ3) is 5.62. The third-order valence-electron chi connectivity index (χ3n) is 5.60. The first-order valence-electron chi connectivity index (χ1n) is 10.8. The number of likely N-dealkylation sites (tertiary alicyclic amines) is 1. The second-order valence-electron chi connectivity index (χ2n) is 7.81. The molecule has 0 unspecified atom stereocenters. The molecule has 0 saturated carbocycles. The Morgan fingerprint density at radius 1 is 1.00 bits per heavy atom. The molecule has 2 amide bonds. The number of hydrogen-bond acceptors (Lipinski definition) is 5. The van der Waals surface area contributed by atoms with Crippen LogP contribution < -0.4 is 5.32 Å². The molecule has 2 aliphatic rings. The number of rotatable bonds is 7. The van der Waals surface area contributed by atoms with E-state index < -0.39 is 18.4 Å². The molecule has 0 spiro atoms. The molecule has 7 nitrogen and oxygen atoms in total. The first-order valence-corrected chi connectivity index (χ1v) is 10.8. The van der Waals surface area contributed by atoms with Crippen LogP contribution in [0.3, 0.4) is 0 Å². The Morgan fingerprint density at radius 3 is 2.32 bits per heavy atom. The van der Waals surface area contributed by atoms with Crippen molar-refractivity contribution in [1.82, 2.24) is 10.2 Å². The van der Waals surface area contributed by atoms with Gasteiger partial charge >= 0.3 is 6.09 Å². The van der Waals surface area contributed by atoms with Crippen molar-refractivity contribution in [2.75, 3.05) is 19.8 Å². The summed E-state index contributed by atoms with van der Waals surface area (Å²) in [5, 5.41) is 3.07. The number of hydrogen-bond donors (Lipinski definition) is 1. The highest BCUT2D eigenvalue weighted by Gasteiger charge is 2.37. The van der Waals surface area contributed by atoms with Gasteiger partial charge in [0.15, 0.2) is 6.29 Å². The summed E-state index contributed by atoms with van der Waals surface area (Å²) < 4.78 is 16.8. The number of benzene rings is 2. The Morgan fingerprint density at radius 2 is 1.65 bits per heavy atom. The summed E-state index contributed by atoms with van der Waals surface area (Å²) in [7, 11) is 0. The molecule has 0 bridgehead atoms. The van der Waals surface area contributed by atoms with E-state index in [0.717, 1.165) is 17.5 Å². The van der Waals surface area contributed by atoms with E-state index in [0.29, 0.717) is 32.6 Å². The summed E-state index contributed by atoms with van der Waals surface area (Å²) in [5.41, 5.74) is 1.99. The molecular formula is C24H28N2O5. The zero-order valence-corrected chi connectivity index (χ0v) is 17.4. The molecule has 0 radical (unpaired) electrons. The first kappa shape index (κ1) is 21.3. The van der Waals surface area contributed by atoms with Crippen LogP contribution in [0.5, 0.6) is 0 Å². The van der Waals surface area contributed by atoms with Gasteiger partial charge < -0.3 is 19.5 Å². The van der Waals surface area contributed by atoms with Crippen LogP contribution in [0.4, 0.5) is 4.79 Å². The maximum atomic E-state index is 13.1. The Kier molecular flexibility index (Phi) is 7.17. The Labute approximate surface area is 182 Å². The molecule has 2 aromatic carbocycles. The molecule has 4 rings (SSSR count). The molecule has 31 heavy (non-hydrogen) atoms. The van der Waals surface area contributed by atoms with Crippen LogP contribution in [0.25, 0.3) is 0 Å². The highest BCUT2D eigenvalue weighted by Crippen LogP contribution is 2.21. The maximum absolute atomic E-state index is 13.1. The molecule has 0 aliphatic carbocycles. The van der Waals surface area contributed by atoms with Gasteiger partial charge in [-0.1, -0.05) is 60.7 Å². The maximum Gasteiger partial charge on any atom is 0.410 e. The first-order chi connectivity index (χ1) is 15.2. The normalized spacial score (nSPS) is 19.9. The molecule has 2 aromatic rings. The fourth-order valence-electron chi connectivity index (χ4n) is 4.03. The zero-order chi connectivity index (χ0) is 21.5. The summed E-state index contributed by atoms with van der Waals surface area (Å²) in [6.45, 7) is 1.71. The lowest BCUT2D eigenvalue weighted by molar-refractivity contribution is -0.130. The van der Waals surface area contributed by atoms with Crippen LogP contribution in [-0.2, 0) is 32.0 Å². The van der Waals surface area contributed by atoms with Gasteiger partial charge in [0.25, 0.3) is 0 Å². The van der Waals surface area contributed by atoms with Gasteiger partial charge in [-0.25, -0.2) is 4.79 Å². The number of carbonyl (C=O) groups excluding carboxylic acids is 2. The van der Waals surface area contributed by atoms with Gasteiger partial charge in [0.1, 0.15) is 12.6 Å². The van der Waals surface area contributed by atoms with Crippen molar-refractivity contribution in [3.8, 4) is 0 Å². The van der Waals surface area contributed by atoms with E-state index in [-0.39, 0.29) is 18.6 Å². The van der Waals surface area contributed by atoms with E-state index in [4.69, 9.17) is 14.2 Å². The fourth-order valence-corrected chi connectivity index (χ4v) is 4.03. The number of nitrogens with zero attached hydrogens (tertiary/aromatic N) is 1. The molecule has 164 valence electrons. The molecule has 2 atom stereocenters. The molecule has 0 aromatic heterocycles. The highest BCUT2D eigenvalue weighted by atomic mass is 16.7. The van der Waals surface area contributed by atoms with Crippen LogP contribution in [0.15, 0.2) is 60.7 Å². The minimum absolute atomic E-state index is 0.185. The molecule has 2 heterocycles. The summed E-state index contributed by atoms with van der Waals surface area (Å²) >= 11 is 0. The van der Waals surface area contributed by atoms with E-state index in [1.807, 2.05) is 60.7 Å². The largest absolute Gasteiger partial charge is 0.445 e. The number of nitrogens with one attached hydrogen (secondary N) is 1. The average Bonchev–Trinajstić information content (AvgIpc) is 3.51. The van der Waals surface area contributed by atoms with Crippen molar-refractivity contribution in [2.45, 2.75) is 44.2 Å². The molecule has 2 saturated heterocycles. The zero-order valence-electron chi connectivity index (χ0n) is 17.4. The van der Waals surface area contributed by atoms with Gasteiger partial charge in [-0.15, -0.1) is 0 Å². The SMILES string of the molecule is O=C(N[C@@H](Cc1ccccc1)C1OCCO1)[C@@H]1CCCN1C(=O)OCc1ccccc1. The quantitative estimate of drug-likeness (QED) is 0.740. The highest BCUT2D eigenvalue weighted by molar-refractivity contribution is 5.86. The lowest BCUT2D eigenvalue weighted by atomic mass is 10.0. The number of amides is 2. The fraction of sp³-hybridized carbons (Fsp3) is 0.417. The molecular weight excluding hydrogens is 396 g/mol. The Hall–Kier alpha value is -2.90.